The molecule has 0 amide bonds. The van der Waals surface area contributed by atoms with Crippen molar-refractivity contribution >= 4 is 40.9 Å². The maximum Gasteiger partial charge on any atom is 0.194 e. The van der Waals surface area contributed by atoms with Crippen LogP contribution in [0.2, 0.25) is 0 Å². The minimum atomic E-state index is 0. The first-order chi connectivity index (χ1) is 12.7. The Kier molecular flexibility index (Phi) is 8.85. The monoisotopic (exact) mass is 487 g/mol. The second-order valence-electron chi connectivity index (χ2n) is 6.72. The molecule has 0 saturated carbocycles. The SMILES string of the molecule is CN=C(NCc1oc2ccccc2c1C)N1CCC(COCCOC)C1.I. The van der Waals surface area contributed by atoms with Crippen molar-refractivity contribution in [1.82, 2.24) is 10.2 Å². The first-order valence-corrected chi connectivity index (χ1v) is 9.22. The lowest BCUT2D eigenvalue weighted by molar-refractivity contribution is 0.0536. The van der Waals surface area contributed by atoms with Gasteiger partial charge < -0.3 is 24.1 Å². The highest BCUT2D eigenvalue weighted by atomic mass is 127. The fourth-order valence-corrected chi connectivity index (χ4v) is 3.44. The second kappa shape index (κ2) is 10.9. The maximum atomic E-state index is 5.99. The largest absolute Gasteiger partial charge is 0.459 e. The van der Waals surface area contributed by atoms with Crippen LogP contribution in [0.1, 0.15) is 17.7 Å². The Labute approximate surface area is 178 Å². The molecule has 1 atom stereocenters. The third-order valence-electron chi connectivity index (χ3n) is 4.93. The van der Waals surface area contributed by atoms with Crippen molar-refractivity contribution in [3.05, 3.63) is 35.6 Å². The number of benzene rings is 1. The van der Waals surface area contributed by atoms with Crippen molar-refractivity contribution < 1.29 is 13.9 Å². The van der Waals surface area contributed by atoms with Crippen LogP contribution >= 0.6 is 24.0 Å². The molecule has 0 radical (unpaired) electrons. The molecule has 1 saturated heterocycles. The summed E-state index contributed by atoms with van der Waals surface area (Å²) in [4.78, 5) is 6.74. The lowest BCUT2D eigenvalue weighted by Crippen LogP contribution is -2.39. The topological polar surface area (TPSA) is 59.2 Å². The Morgan fingerprint density at radius 2 is 2.15 bits per heavy atom. The highest BCUT2D eigenvalue weighted by Gasteiger charge is 2.25. The summed E-state index contributed by atoms with van der Waals surface area (Å²) in [5, 5.41) is 4.62. The molecule has 0 bridgehead atoms. The molecule has 2 heterocycles. The molecule has 6 nitrogen and oxygen atoms in total. The van der Waals surface area contributed by atoms with Gasteiger partial charge in [0.15, 0.2) is 5.96 Å². The molecule has 1 N–H and O–H groups in total. The van der Waals surface area contributed by atoms with E-state index in [2.05, 4.69) is 28.2 Å². The molecule has 1 aromatic carbocycles. The van der Waals surface area contributed by atoms with Gasteiger partial charge >= 0.3 is 0 Å². The van der Waals surface area contributed by atoms with Gasteiger partial charge in [-0.15, -0.1) is 24.0 Å². The Morgan fingerprint density at radius 3 is 2.89 bits per heavy atom. The Bertz CT molecular complexity index is 747. The number of guanidine groups is 1. The number of fused-ring (bicyclic) bond motifs is 1. The molecule has 1 fully saturated rings. The summed E-state index contributed by atoms with van der Waals surface area (Å²) in [7, 11) is 3.52. The van der Waals surface area contributed by atoms with E-state index in [1.165, 1.54) is 10.9 Å². The molecule has 1 aliphatic heterocycles. The summed E-state index contributed by atoms with van der Waals surface area (Å²) >= 11 is 0. The summed E-state index contributed by atoms with van der Waals surface area (Å²) in [6.07, 6.45) is 1.12. The van der Waals surface area contributed by atoms with Gasteiger partial charge in [-0.1, -0.05) is 18.2 Å². The molecular formula is C20H30IN3O3. The first kappa shape index (κ1) is 22.0. The van der Waals surface area contributed by atoms with Crippen molar-refractivity contribution in [2.24, 2.45) is 10.9 Å². The molecule has 0 spiro atoms. The summed E-state index contributed by atoms with van der Waals surface area (Å²) in [6, 6.07) is 8.15. The van der Waals surface area contributed by atoms with Gasteiger partial charge in [-0.2, -0.15) is 0 Å². The third-order valence-corrected chi connectivity index (χ3v) is 4.93. The van der Waals surface area contributed by atoms with Gasteiger partial charge in [-0.25, -0.2) is 0 Å². The van der Waals surface area contributed by atoms with Crippen molar-refractivity contribution in [2.45, 2.75) is 19.9 Å². The van der Waals surface area contributed by atoms with Crippen LogP contribution < -0.4 is 5.32 Å². The standard InChI is InChI=1S/C20H29N3O3.HI/c1-15-17-6-4-5-7-18(17)26-19(15)12-22-20(21-2)23-9-8-16(13-23)14-25-11-10-24-3;/h4-7,16H,8-14H2,1-3H3,(H,21,22);1H. The Hall–Kier alpha value is -1.32. The van der Waals surface area contributed by atoms with Crippen molar-refractivity contribution in [3.63, 3.8) is 0 Å². The molecular weight excluding hydrogens is 457 g/mol. The highest BCUT2D eigenvalue weighted by molar-refractivity contribution is 14.0. The predicted octanol–water partition coefficient (Wildman–Crippen LogP) is 3.42. The number of methoxy groups -OCH3 is 1. The summed E-state index contributed by atoms with van der Waals surface area (Å²) in [5.74, 6) is 2.42. The van der Waals surface area contributed by atoms with Gasteiger partial charge in [0, 0.05) is 44.1 Å². The molecule has 1 aliphatic rings. The smallest absolute Gasteiger partial charge is 0.194 e. The highest BCUT2D eigenvalue weighted by Crippen LogP contribution is 2.25. The van der Waals surface area contributed by atoms with Gasteiger partial charge in [0.25, 0.3) is 0 Å². The van der Waals surface area contributed by atoms with Gasteiger partial charge in [-0.3, -0.25) is 4.99 Å². The van der Waals surface area contributed by atoms with Crippen LogP contribution in [0, 0.1) is 12.8 Å². The number of hydrogen-bond donors (Lipinski definition) is 1. The van der Waals surface area contributed by atoms with Gasteiger partial charge in [-0.05, 0) is 19.4 Å². The number of furan rings is 1. The average Bonchev–Trinajstić information content (AvgIpc) is 3.25. The van der Waals surface area contributed by atoms with Crippen LogP contribution in [0.25, 0.3) is 11.0 Å². The molecule has 150 valence electrons. The van der Waals surface area contributed by atoms with Crippen molar-refractivity contribution in [2.75, 3.05) is 47.1 Å². The number of halogens is 1. The zero-order valence-corrected chi connectivity index (χ0v) is 18.7. The summed E-state index contributed by atoms with van der Waals surface area (Å²) in [5.41, 5.74) is 2.13. The fourth-order valence-electron chi connectivity index (χ4n) is 3.44. The quantitative estimate of drug-likeness (QED) is 0.281. The average molecular weight is 487 g/mol. The minimum Gasteiger partial charge on any atom is -0.459 e. The van der Waals surface area contributed by atoms with E-state index in [-0.39, 0.29) is 24.0 Å². The number of nitrogens with one attached hydrogen (secondary N) is 1. The summed E-state index contributed by atoms with van der Waals surface area (Å²) in [6.45, 7) is 6.79. The fraction of sp³-hybridized carbons (Fsp3) is 0.550. The predicted molar refractivity (Wildman–Crippen MR) is 119 cm³/mol. The number of hydrogen-bond acceptors (Lipinski definition) is 4. The van der Waals surface area contributed by atoms with Gasteiger partial charge in [0.2, 0.25) is 0 Å². The number of aliphatic imine (C=N–C) groups is 1. The number of rotatable bonds is 7. The normalized spacial score (nSPS) is 17.4. The third kappa shape index (κ3) is 5.58. The molecule has 3 rings (SSSR count). The lowest BCUT2D eigenvalue weighted by Gasteiger charge is -2.21. The van der Waals surface area contributed by atoms with E-state index in [0.717, 1.165) is 43.4 Å². The Morgan fingerprint density at radius 1 is 1.33 bits per heavy atom. The van der Waals surface area contributed by atoms with Crippen LogP contribution in [0.4, 0.5) is 0 Å². The van der Waals surface area contributed by atoms with Crippen molar-refractivity contribution in [1.29, 1.82) is 0 Å². The number of likely N-dealkylation sites (tertiary alicyclic amines) is 1. The van der Waals surface area contributed by atoms with Crippen LogP contribution in [0.15, 0.2) is 33.7 Å². The zero-order chi connectivity index (χ0) is 18.4. The molecule has 1 aromatic heterocycles. The molecule has 2 aromatic rings. The van der Waals surface area contributed by atoms with E-state index >= 15 is 0 Å². The van der Waals surface area contributed by atoms with Gasteiger partial charge in [0.05, 0.1) is 26.4 Å². The number of nitrogens with zero attached hydrogens (tertiary/aromatic N) is 2. The maximum absolute atomic E-state index is 5.99. The number of aryl methyl sites for hydroxylation is 1. The number of ether oxygens (including phenoxy) is 2. The van der Waals surface area contributed by atoms with E-state index in [4.69, 9.17) is 13.9 Å². The van der Waals surface area contributed by atoms with E-state index in [9.17, 15) is 0 Å². The van der Waals surface area contributed by atoms with Crippen molar-refractivity contribution in [3.8, 4) is 0 Å². The zero-order valence-electron chi connectivity index (χ0n) is 16.4. The van der Waals surface area contributed by atoms with E-state index in [1.807, 2.05) is 25.2 Å². The molecule has 27 heavy (non-hydrogen) atoms. The van der Waals surface area contributed by atoms with Crippen LogP contribution in [0.3, 0.4) is 0 Å². The lowest BCUT2D eigenvalue weighted by atomic mass is 10.1. The van der Waals surface area contributed by atoms with E-state index < -0.39 is 0 Å². The summed E-state index contributed by atoms with van der Waals surface area (Å²) < 4.78 is 16.7. The molecule has 1 unspecified atom stereocenters. The minimum absolute atomic E-state index is 0. The van der Waals surface area contributed by atoms with Crippen LogP contribution in [-0.2, 0) is 16.0 Å². The van der Waals surface area contributed by atoms with E-state index in [1.54, 1.807) is 7.11 Å². The Balaban J connectivity index is 0.00000261. The van der Waals surface area contributed by atoms with Gasteiger partial charge in [0.1, 0.15) is 11.3 Å². The second-order valence-corrected chi connectivity index (χ2v) is 6.72. The van der Waals surface area contributed by atoms with Crippen LogP contribution in [0.5, 0.6) is 0 Å². The molecule has 0 aliphatic carbocycles. The first-order valence-electron chi connectivity index (χ1n) is 9.22. The van der Waals surface area contributed by atoms with E-state index in [0.29, 0.717) is 25.7 Å². The van der Waals surface area contributed by atoms with Crippen LogP contribution in [-0.4, -0.2) is 57.9 Å². The number of para-hydroxylation sites is 1. The molecule has 7 heteroatoms.